The zero-order valence-electron chi connectivity index (χ0n) is 20.8. The fourth-order valence-electron chi connectivity index (χ4n) is 3.49. The van der Waals surface area contributed by atoms with Gasteiger partial charge in [0.15, 0.2) is 12.4 Å². The Morgan fingerprint density at radius 2 is 0.917 bits per heavy atom. The van der Waals surface area contributed by atoms with Crippen molar-refractivity contribution in [3.05, 3.63) is 49.1 Å². The number of pyridine rings is 2. The third kappa shape index (κ3) is 13.5. The molecular weight excluding hydrogens is 452 g/mol. The molecule has 4 N–H and O–H groups in total. The van der Waals surface area contributed by atoms with Crippen LogP contribution in [-0.2, 0) is 0 Å². The number of unbranched alkanes of at least 4 members (excludes halogenated alkanes) is 9. The molecule has 0 atom stereocenters. The molecule has 2 aromatic heterocycles. The fourth-order valence-corrected chi connectivity index (χ4v) is 3.49. The van der Waals surface area contributed by atoms with E-state index in [1.54, 1.807) is 24.8 Å². The van der Waals surface area contributed by atoms with Crippen LogP contribution in [0.15, 0.2) is 59.0 Å². The van der Waals surface area contributed by atoms with E-state index >= 15 is 0 Å². The largest absolute Gasteiger partial charge is 0.325 e. The number of rotatable bonds is 15. The highest BCUT2D eigenvalue weighted by Gasteiger charge is 2.00. The Hall–Kier alpha value is -4.18. The first-order valence-corrected chi connectivity index (χ1v) is 12.5. The van der Waals surface area contributed by atoms with E-state index in [0.717, 1.165) is 37.1 Å². The molecule has 0 saturated carbocycles. The summed E-state index contributed by atoms with van der Waals surface area (Å²) in [5.41, 5.74) is 1.69. The van der Waals surface area contributed by atoms with Gasteiger partial charge in [0.05, 0.1) is 0 Å². The Morgan fingerprint density at radius 1 is 0.583 bits per heavy atom. The highest BCUT2D eigenvalue weighted by atomic mass is 15.2. The molecule has 0 aromatic carbocycles. The average molecular weight is 489 g/mol. The normalized spacial score (nSPS) is 11.3. The topological polar surface area (TPSA) is 146 Å². The number of anilines is 2. The van der Waals surface area contributed by atoms with Gasteiger partial charge in [-0.05, 0) is 37.1 Å². The lowest BCUT2D eigenvalue weighted by atomic mass is 10.1. The molecule has 2 aromatic rings. The number of nitrogens with zero attached hydrogens (tertiary/aromatic N) is 6. The van der Waals surface area contributed by atoms with E-state index in [1.165, 1.54) is 38.5 Å². The summed E-state index contributed by atoms with van der Waals surface area (Å²) in [6.45, 7) is 1.38. The van der Waals surface area contributed by atoms with E-state index < -0.39 is 0 Å². The van der Waals surface area contributed by atoms with Crippen molar-refractivity contribution in [2.45, 2.75) is 64.2 Å². The summed E-state index contributed by atoms with van der Waals surface area (Å²) in [5.74, 6) is 0.939. The molecule has 0 amide bonds. The van der Waals surface area contributed by atoms with Crippen LogP contribution in [0.25, 0.3) is 0 Å². The SMILES string of the molecule is N#CNC(=NCCCCCCCCCCCCN=C(NC#N)Nc1ccncc1)Nc1ccncc1. The van der Waals surface area contributed by atoms with Crippen molar-refractivity contribution in [2.75, 3.05) is 23.7 Å². The van der Waals surface area contributed by atoms with Crippen molar-refractivity contribution >= 4 is 23.3 Å². The second-order valence-corrected chi connectivity index (χ2v) is 8.19. The Bertz CT molecular complexity index is 896. The third-order valence-electron chi connectivity index (χ3n) is 5.34. The minimum absolute atomic E-state index is 0.469. The van der Waals surface area contributed by atoms with Crippen molar-refractivity contribution in [3.8, 4) is 12.4 Å². The van der Waals surface area contributed by atoms with Gasteiger partial charge in [0.2, 0.25) is 11.9 Å². The quantitative estimate of drug-likeness (QED) is 0.0923. The van der Waals surface area contributed by atoms with Gasteiger partial charge in [0, 0.05) is 49.3 Å². The molecule has 0 aliphatic carbocycles. The second kappa shape index (κ2) is 19.2. The first-order chi connectivity index (χ1) is 17.8. The molecule has 0 radical (unpaired) electrons. The number of nitrogens with one attached hydrogen (secondary N) is 4. The van der Waals surface area contributed by atoms with E-state index in [4.69, 9.17) is 10.5 Å². The summed E-state index contributed by atoms with van der Waals surface area (Å²) in [6, 6.07) is 7.32. The van der Waals surface area contributed by atoms with Crippen molar-refractivity contribution in [1.82, 2.24) is 20.6 Å². The molecule has 10 nitrogen and oxygen atoms in total. The molecule has 2 rings (SSSR count). The van der Waals surface area contributed by atoms with E-state index in [2.05, 4.69) is 41.2 Å². The van der Waals surface area contributed by atoms with E-state index in [9.17, 15) is 0 Å². The van der Waals surface area contributed by atoms with Gasteiger partial charge in [0.1, 0.15) is 0 Å². The molecule has 0 aliphatic heterocycles. The van der Waals surface area contributed by atoms with Gasteiger partial charge < -0.3 is 10.6 Å². The molecular formula is C26H36N10. The van der Waals surface area contributed by atoms with Gasteiger partial charge >= 0.3 is 0 Å². The predicted molar refractivity (Wildman–Crippen MR) is 144 cm³/mol. The summed E-state index contributed by atoms with van der Waals surface area (Å²) in [4.78, 5) is 16.9. The van der Waals surface area contributed by atoms with Crippen LogP contribution in [-0.4, -0.2) is 35.0 Å². The van der Waals surface area contributed by atoms with Crippen molar-refractivity contribution < 1.29 is 0 Å². The highest BCUT2D eigenvalue weighted by Crippen LogP contribution is 2.11. The molecule has 190 valence electrons. The van der Waals surface area contributed by atoms with Crippen molar-refractivity contribution in [2.24, 2.45) is 9.98 Å². The maximum atomic E-state index is 8.89. The fraction of sp³-hybridized carbons (Fsp3) is 0.462. The van der Waals surface area contributed by atoms with Crippen LogP contribution in [0, 0.1) is 22.9 Å². The Morgan fingerprint density at radius 3 is 1.25 bits per heavy atom. The molecule has 10 heteroatoms. The van der Waals surface area contributed by atoms with Crippen LogP contribution >= 0.6 is 0 Å². The zero-order chi connectivity index (χ0) is 25.5. The third-order valence-corrected chi connectivity index (χ3v) is 5.34. The van der Waals surface area contributed by atoms with Gasteiger partial charge in [-0.1, -0.05) is 51.4 Å². The number of guanidine groups is 2. The first kappa shape index (κ1) is 28.1. The lowest BCUT2D eigenvalue weighted by Gasteiger charge is -2.07. The van der Waals surface area contributed by atoms with E-state index in [0.29, 0.717) is 25.0 Å². The molecule has 2 heterocycles. The molecule has 0 bridgehead atoms. The monoisotopic (exact) mass is 488 g/mol. The summed E-state index contributed by atoms with van der Waals surface area (Å²) < 4.78 is 0. The second-order valence-electron chi connectivity index (χ2n) is 8.19. The number of hydrogen-bond donors (Lipinski definition) is 4. The Kier molecular flexibility index (Phi) is 14.9. The molecule has 0 aliphatic rings. The van der Waals surface area contributed by atoms with Gasteiger partial charge in [-0.25, -0.2) is 0 Å². The number of aromatic nitrogens is 2. The number of aliphatic imine (C=N–C) groups is 2. The first-order valence-electron chi connectivity index (χ1n) is 12.5. The summed E-state index contributed by atoms with van der Waals surface area (Å²) >= 11 is 0. The van der Waals surface area contributed by atoms with Crippen molar-refractivity contribution in [3.63, 3.8) is 0 Å². The molecule has 0 saturated heterocycles. The highest BCUT2D eigenvalue weighted by molar-refractivity contribution is 5.95. The minimum atomic E-state index is 0.469. The van der Waals surface area contributed by atoms with Gasteiger partial charge in [-0.2, -0.15) is 10.5 Å². The standard InChI is InChI=1S/C26H36N10/c27-21-33-25(35-23-11-17-29-18-12-23)31-15-9-7-5-3-1-2-4-6-8-10-16-32-26(34-22-28)36-24-13-19-30-20-14-24/h11-14,17-20H,1-10,15-16H2,(H2,29,31,33,35)(H2,30,32,34,36). The number of nitriles is 2. The lowest BCUT2D eigenvalue weighted by molar-refractivity contribution is 0.554. The zero-order valence-corrected chi connectivity index (χ0v) is 20.8. The van der Waals surface area contributed by atoms with E-state index in [1.807, 2.05) is 36.7 Å². The van der Waals surface area contributed by atoms with Gasteiger partial charge in [-0.3, -0.25) is 30.6 Å². The molecule has 0 fully saturated rings. The van der Waals surface area contributed by atoms with Crippen LogP contribution in [0.4, 0.5) is 11.4 Å². The molecule has 0 unspecified atom stereocenters. The maximum Gasteiger partial charge on any atom is 0.209 e. The van der Waals surface area contributed by atoms with Crippen LogP contribution in [0.2, 0.25) is 0 Å². The summed E-state index contributed by atoms with van der Waals surface area (Å²) in [6.07, 6.45) is 22.3. The Balaban J connectivity index is 1.45. The summed E-state index contributed by atoms with van der Waals surface area (Å²) in [5, 5.41) is 29.2. The lowest BCUT2D eigenvalue weighted by Crippen LogP contribution is -2.27. The predicted octanol–water partition coefficient (Wildman–Crippen LogP) is 4.75. The minimum Gasteiger partial charge on any atom is -0.325 e. The van der Waals surface area contributed by atoms with Crippen LogP contribution < -0.4 is 21.3 Å². The molecule has 0 spiro atoms. The number of hydrogen-bond acceptors (Lipinski definition) is 6. The van der Waals surface area contributed by atoms with Crippen molar-refractivity contribution in [1.29, 1.82) is 10.5 Å². The smallest absolute Gasteiger partial charge is 0.209 e. The van der Waals surface area contributed by atoms with Crippen LogP contribution in [0.5, 0.6) is 0 Å². The summed E-state index contributed by atoms with van der Waals surface area (Å²) in [7, 11) is 0. The average Bonchev–Trinajstić information content (AvgIpc) is 2.90. The van der Waals surface area contributed by atoms with Crippen LogP contribution in [0.3, 0.4) is 0 Å². The maximum absolute atomic E-state index is 8.89. The van der Waals surface area contributed by atoms with Gasteiger partial charge in [0.25, 0.3) is 0 Å². The Labute approximate surface area is 214 Å². The van der Waals surface area contributed by atoms with Gasteiger partial charge in [-0.15, -0.1) is 0 Å². The molecule has 36 heavy (non-hydrogen) atoms. The van der Waals surface area contributed by atoms with E-state index in [-0.39, 0.29) is 0 Å². The van der Waals surface area contributed by atoms with Crippen LogP contribution in [0.1, 0.15) is 64.2 Å².